The van der Waals surface area contributed by atoms with E-state index in [1.54, 1.807) is 0 Å². The molecule has 1 N–H and O–H groups in total. The van der Waals surface area contributed by atoms with Gasteiger partial charge >= 0.3 is 11.8 Å². The van der Waals surface area contributed by atoms with Crippen LogP contribution in [0.15, 0.2) is 34.7 Å². The molecule has 16 heavy (non-hydrogen) atoms. The van der Waals surface area contributed by atoms with Gasteiger partial charge in [0.05, 0.1) is 6.42 Å². The lowest BCUT2D eigenvalue weighted by Crippen LogP contribution is -2.17. The molecule has 0 aliphatic rings. The SMILES string of the molecule is CNC(=O)c1nnc(Cc2ccccc2)o1. The number of amides is 1. The zero-order valence-corrected chi connectivity index (χ0v) is 8.80. The first-order chi connectivity index (χ1) is 7.79. The van der Waals surface area contributed by atoms with Gasteiger partial charge in [0.15, 0.2) is 0 Å². The molecule has 1 amide bonds. The topological polar surface area (TPSA) is 68.0 Å². The Hall–Kier alpha value is -2.17. The van der Waals surface area contributed by atoms with Crippen molar-refractivity contribution in [2.75, 3.05) is 7.05 Å². The number of aromatic nitrogens is 2. The van der Waals surface area contributed by atoms with Crippen LogP contribution in [-0.4, -0.2) is 23.2 Å². The third-order valence-corrected chi connectivity index (χ3v) is 2.09. The van der Waals surface area contributed by atoms with Crippen LogP contribution in [-0.2, 0) is 6.42 Å². The number of hydrogen-bond acceptors (Lipinski definition) is 4. The largest absolute Gasteiger partial charge is 0.417 e. The van der Waals surface area contributed by atoms with Crippen molar-refractivity contribution in [3.8, 4) is 0 Å². The van der Waals surface area contributed by atoms with E-state index in [1.165, 1.54) is 7.05 Å². The molecule has 1 aromatic carbocycles. The van der Waals surface area contributed by atoms with Crippen molar-refractivity contribution in [1.82, 2.24) is 15.5 Å². The van der Waals surface area contributed by atoms with Crippen molar-refractivity contribution in [3.63, 3.8) is 0 Å². The van der Waals surface area contributed by atoms with E-state index in [9.17, 15) is 4.79 Å². The Kier molecular flexibility index (Phi) is 2.95. The van der Waals surface area contributed by atoms with Crippen LogP contribution < -0.4 is 5.32 Å². The molecule has 0 saturated carbocycles. The second-order valence-electron chi connectivity index (χ2n) is 3.24. The molecule has 0 fully saturated rings. The normalized spacial score (nSPS) is 10.1. The highest BCUT2D eigenvalue weighted by atomic mass is 16.4. The van der Waals surface area contributed by atoms with Crippen LogP contribution in [0.25, 0.3) is 0 Å². The van der Waals surface area contributed by atoms with Crippen molar-refractivity contribution >= 4 is 5.91 Å². The van der Waals surface area contributed by atoms with Crippen molar-refractivity contribution in [2.45, 2.75) is 6.42 Å². The van der Waals surface area contributed by atoms with Gasteiger partial charge in [0.25, 0.3) is 0 Å². The van der Waals surface area contributed by atoms with E-state index >= 15 is 0 Å². The zero-order valence-electron chi connectivity index (χ0n) is 8.80. The van der Waals surface area contributed by atoms with Crippen LogP contribution in [0.5, 0.6) is 0 Å². The van der Waals surface area contributed by atoms with Crippen molar-refractivity contribution in [2.24, 2.45) is 0 Å². The molecule has 5 heteroatoms. The van der Waals surface area contributed by atoms with E-state index in [2.05, 4.69) is 15.5 Å². The van der Waals surface area contributed by atoms with Gasteiger partial charge in [0.1, 0.15) is 0 Å². The van der Waals surface area contributed by atoms with Crippen molar-refractivity contribution in [3.05, 3.63) is 47.7 Å². The molecule has 0 atom stereocenters. The third-order valence-electron chi connectivity index (χ3n) is 2.09. The lowest BCUT2D eigenvalue weighted by Gasteiger charge is -1.94. The summed E-state index contributed by atoms with van der Waals surface area (Å²) >= 11 is 0. The summed E-state index contributed by atoms with van der Waals surface area (Å²) in [5.74, 6) is 0.0602. The molecule has 5 nitrogen and oxygen atoms in total. The van der Waals surface area contributed by atoms with Crippen LogP contribution >= 0.6 is 0 Å². The molecule has 1 heterocycles. The lowest BCUT2D eigenvalue weighted by molar-refractivity contribution is 0.0927. The Balaban J connectivity index is 2.12. The van der Waals surface area contributed by atoms with Gasteiger partial charge in [-0.05, 0) is 5.56 Å². The van der Waals surface area contributed by atoms with Gasteiger partial charge < -0.3 is 9.73 Å². The summed E-state index contributed by atoms with van der Waals surface area (Å²) in [6, 6.07) is 9.73. The molecule has 0 spiro atoms. The van der Waals surface area contributed by atoms with Gasteiger partial charge in [-0.15, -0.1) is 10.2 Å². The molecule has 2 rings (SSSR count). The molecule has 0 radical (unpaired) electrons. The van der Waals surface area contributed by atoms with Crippen molar-refractivity contribution < 1.29 is 9.21 Å². The van der Waals surface area contributed by atoms with E-state index in [4.69, 9.17) is 4.42 Å². The number of carbonyl (C=O) groups excluding carboxylic acids is 1. The van der Waals surface area contributed by atoms with E-state index in [0.717, 1.165) is 5.56 Å². The maximum Gasteiger partial charge on any atom is 0.308 e. The van der Waals surface area contributed by atoms with Crippen molar-refractivity contribution in [1.29, 1.82) is 0 Å². The van der Waals surface area contributed by atoms with E-state index < -0.39 is 0 Å². The minimum absolute atomic E-state index is 0.00608. The number of rotatable bonds is 3. The molecule has 1 aromatic heterocycles. The summed E-state index contributed by atoms with van der Waals surface area (Å²) in [5.41, 5.74) is 1.06. The predicted molar refractivity (Wildman–Crippen MR) is 56.9 cm³/mol. The van der Waals surface area contributed by atoms with Crippen LogP contribution in [0.2, 0.25) is 0 Å². The van der Waals surface area contributed by atoms with E-state index in [0.29, 0.717) is 12.3 Å². The summed E-state index contributed by atoms with van der Waals surface area (Å²) in [6.07, 6.45) is 0.533. The third kappa shape index (κ3) is 2.25. The second kappa shape index (κ2) is 4.57. The first-order valence-corrected chi connectivity index (χ1v) is 4.88. The quantitative estimate of drug-likeness (QED) is 0.833. The van der Waals surface area contributed by atoms with Gasteiger partial charge in [0.2, 0.25) is 5.89 Å². The van der Waals surface area contributed by atoms with Gasteiger partial charge in [0, 0.05) is 7.05 Å². The molecular formula is C11H11N3O2. The Labute approximate surface area is 92.5 Å². The minimum atomic E-state index is -0.369. The Morgan fingerprint density at radius 1 is 1.31 bits per heavy atom. The molecule has 2 aromatic rings. The number of nitrogens with one attached hydrogen (secondary N) is 1. The Morgan fingerprint density at radius 2 is 2.06 bits per heavy atom. The van der Waals surface area contributed by atoms with Crippen LogP contribution in [0, 0.1) is 0 Å². The van der Waals surface area contributed by atoms with Gasteiger partial charge in [-0.2, -0.15) is 0 Å². The highest BCUT2D eigenvalue weighted by Crippen LogP contribution is 2.07. The zero-order chi connectivity index (χ0) is 11.4. The summed E-state index contributed by atoms with van der Waals surface area (Å²) in [5, 5.41) is 9.88. The maximum atomic E-state index is 11.2. The standard InChI is InChI=1S/C11H11N3O2/c1-12-10(15)11-14-13-9(16-11)7-8-5-3-2-4-6-8/h2-6H,7H2,1H3,(H,12,15). The molecule has 0 saturated heterocycles. The van der Waals surface area contributed by atoms with Gasteiger partial charge in [-0.3, -0.25) is 4.79 Å². The molecule has 82 valence electrons. The number of nitrogens with zero attached hydrogens (tertiary/aromatic N) is 2. The van der Waals surface area contributed by atoms with Crippen LogP contribution in [0.4, 0.5) is 0 Å². The maximum absolute atomic E-state index is 11.2. The smallest absolute Gasteiger partial charge is 0.308 e. The monoisotopic (exact) mass is 217 g/mol. The average Bonchev–Trinajstić information content (AvgIpc) is 2.78. The minimum Gasteiger partial charge on any atom is -0.417 e. The highest BCUT2D eigenvalue weighted by molar-refractivity contribution is 5.89. The summed E-state index contributed by atoms with van der Waals surface area (Å²) in [4.78, 5) is 11.2. The fourth-order valence-corrected chi connectivity index (χ4v) is 1.29. The fraction of sp³-hybridized carbons (Fsp3) is 0.182. The number of carbonyl (C=O) groups is 1. The Bertz CT molecular complexity index is 479. The second-order valence-corrected chi connectivity index (χ2v) is 3.24. The van der Waals surface area contributed by atoms with Crippen LogP contribution in [0.3, 0.4) is 0 Å². The summed E-state index contributed by atoms with van der Waals surface area (Å²) < 4.78 is 5.21. The Morgan fingerprint density at radius 3 is 2.75 bits per heavy atom. The molecule has 0 unspecified atom stereocenters. The molecule has 0 bridgehead atoms. The molecular weight excluding hydrogens is 206 g/mol. The molecule has 0 aliphatic heterocycles. The van der Waals surface area contributed by atoms with E-state index in [1.807, 2.05) is 30.3 Å². The first kappa shape index (κ1) is 10.4. The van der Waals surface area contributed by atoms with Crippen LogP contribution in [0.1, 0.15) is 22.1 Å². The number of hydrogen-bond donors (Lipinski definition) is 1. The van der Waals surface area contributed by atoms with Gasteiger partial charge in [-0.1, -0.05) is 30.3 Å². The lowest BCUT2D eigenvalue weighted by atomic mass is 10.2. The summed E-state index contributed by atoms with van der Waals surface area (Å²) in [6.45, 7) is 0. The average molecular weight is 217 g/mol. The predicted octanol–water partition coefficient (Wildman–Crippen LogP) is 1.02. The first-order valence-electron chi connectivity index (χ1n) is 4.88. The summed E-state index contributed by atoms with van der Waals surface area (Å²) in [7, 11) is 1.52. The fourth-order valence-electron chi connectivity index (χ4n) is 1.29. The number of benzene rings is 1. The van der Waals surface area contributed by atoms with E-state index in [-0.39, 0.29) is 11.8 Å². The van der Waals surface area contributed by atoms with Gasteiger partial charge in [-0.25, -0.2) is 0 Å². The molecule has 0 aliphatic carbocycles. The highest BCUT2D eigenvalue weighted by Gasteiger charge is 2.12.